The Morgan fingerprint density at radius 3 is 2.78 bits per heavy atom. The first kappa shape index (κ1) is 25.3. The number of likely N-dealkylation sites (tertiary alicyclic amines) is 1. The Morgan fingerprint density at radius 2 is 2.00 bits per heavy atom. The molecule has 3 heterocycles. The standard InChI is InChI=1S/C26H28F3N3O2S2/c1-2-17-9-5-6-13-31(17)21(33)15-35-25-30-23-22(19-11-3-4-12-20(19)36-23)24(34)32(25)18-10-7-8-16(14-18)26(27,28)29/h7-8,10,14,17H,2-6,9,11-13,15H2,1H3. The summed E-state index contributed by atoms with van der Waals surface area (Å²) in [6, 6.07) is 4.97. The van der Waals surface area contributed by atoms with Crippen LogP contribution >= 0.6 is 23.1 Å². The number of benzene rings is 1. The van der Waals surface area contributed by atoms with E-state index in [1.165, 1.54) is 28.0 Å². The first-order valence-corrected chi connectivity index (χ1v) is 14.3. The molecule has 2 aliphatic rings. The van der Waals surface area contributed by atoms with Gasteiger partial charge in [0.1, 0.15) is 4.83 Å². The molecule has 36 heavy (non-hydrogen) atoms. The Kier molecular flexibility index (Phi) is 7.18. The number of aromatic nitrogens is 2. The van der Waals surface area contributed by atoms with E-state index in [9.17, 15) is 22.8 Å². The Balaban J connectivity index is 1.58. The Morgan fingerprint density at radius 1 is 1.19 bits per heavy atom. The Bertz CT molecular complexity index is 1350. The van der Waals surface area contributed by atoms with Crippen molar-refractivity contribution < 1.29 is 18.0 Å². The van der Waals surface area contributed by atoms with E-state index in [1.54, 1.807) is 0 Å². The van der Waals surface area contributed by atoms with Crippen molar-refractivity contribution in [2.24, 2.45) is 0 Å². The Labute approximate surface area is 215 Å². The number of thiophene rings is 1. The summed E-state index contributed by atoms with van der Waals surface area (Å²) in [4.78, 5) is 35.4. The van der Waals surface area contributed by atoms with Gasteiger partial charge in [0.15, 0.2) is 5.16 Å². The lowest BCUT2D eigenvalue weighted by Gasteiger charge is -2.35. The highest BCUT2D eigenvalue weighted by Gasteiger charge is 2.32. The maximum absolute atomic E-state index is 13.8. The molecule has 5 rings (SSSR count). The molecule has 0 radical (unpaired) electrons. The van der Waals surface area contributed by atoms with Crippen LogP contribution in [-0.2, 0) is 23.8 Å². The molecule has 192 valence electrons. The van der Waals surface area contributed by atoms with Crippen molar-refractivity contribution >= 4 is 39.2 Å². The average molecular weight is 536 g/mol. The second kappa shape index (κ2) is 10.2. The predicted molar refractivity (Wildman–Crippen MR) is 137 cm³/mol. The molecule has 1 fully saturated rings. The number of halogens is 3. The minimum Gasteiger partial charge on any atom is -0.339 e. The molecule has 10 heteroatoms. The molecule has 0 spiro atoms. The highest BCUT2D eigenvalue weighted by molar-refractivity contribution is 7.99. The van der Waals surface area contributed by atoms with Crippen LogP contribution in [0.15, 0.2) is 34.2 Å². The molecule has 1 unspecified atom stereocenters. The van der Waals surface area contributed by atoms with Crippen LogP contribution in [0.1, 0.15) is 61.5 Å². The van der Waals surface area contributed by atoms with Crippen LogP contribution in [0.25, 0.3) is 15.9 Å². The second-order valence-electron chi connectivity index (χ2n) is 9.41. The molecule has 0 saturated carbocycles. The predicted octanol–water partition coefficient (Wildman–Crippen LogP) is 6.23. The van der Waals surface area contributed by atoms with Gasteiger partial charge in [-0.3, -0.25) is 14.2 Å². The first-order valence-electron chi connectivity index (χ1n) is 12.4. The van der Waals surface area contributed by atoms with Crippen LogP contribution in [0.4, 0.5) is 13.2 Å². The van der Waals surface area contributed by atoms with Gasteiger partial charge >= 0.3 is 6.18 Å². The van der Waals surface area contributed by atoms with Crippen LogP contribution in [-0.4, -0.2) is 38.7 Å². The molecule has 0 N–H and O–H groups in total. The molecular weight excluding hydrogens is 507 g/mol. The number of carbonyl (C=O) groups is 1. The van der Waals surface area contributed by atoms with Crippen molar-refractivity contribution in [3.8, 4) is 5.69 Å². The molecule has 1 atom stereocenters. The zero-order valence-corrected chi connectivity index (χ0v) is 21.7. The number of hydrogen-bond donors (Lipinski definition) is 0. The number of amides is 1. The van der Waals surface area contributed by atoms with Gasteiger partial charge in [-0.15, -0.1) is 11.3 Å². The van der Waals surface area contributed by atoms with Gasteiger partial charge in [0, 0.05) is 17.5 Å². The van der Waals surface area contributed by atoms with E-state index in [0.717, 1.165) is 85.7 Å². The Hall–Kier alpha value is -2.33. The van der Waals surface area contributed by atoms with Crippen LogP contribution in [0.2, 0.25) is 0 Å². The second-order valence-corrected chi connectivity index (χ2v) is 11.4. The summed E-state index contributed by atoms with van der Waals surface area (Å²) in [7, 11) is 0. The van der Waals surface area contributed by atoms with Gasteiger partial charge in [0.2, 0.25) is 5.91 Å². The van der Waals surface area contributed by atoms with Gasteiger partial charge in [-0.25, -0.2) is 4.98 Å². The van der Waals surface area contributed by atoms with Crippen LogP contribution in [0.3, 0.4) is 0 Å². The van der Waals surface area contributed by atoms with E-state index in [2.05, 4.69) is 6.92 Å². The van der Waals surface area contributed by atoms with Crippen molar-refractivity contribution in [1.82, 2.24) is 14.5 Å². The van der Waals surface area contributed by atoms with E-state index < -0.39 is 11.7 Å². The monoisotopic (exact) mass is 535 g/mol. The highest BCUT2D eigenvalue weighted by atomic mass is 32.2. The minimum atomic E-state index is -4.54. The van der Waals surface area contributed by atoms with Crippen LogP contribution in [0.5, 0.6) is 0 Å². The number of fused-ring (bicyclic) bond motifs is 3. The largest absolute Gasteiger partial charge is 0.416 e. The average Bonchev–Trinajstić information content (AvgIpc) is 3.25. The fourth-order valence-electron chi connectivity index (χ4n) is 5.29. The van der Waals surface area contributed by atoms with Gasteiger partial charge in [-0.1, -0.05) is 24.8 Å². The quantitative estimate of drug-likeness (QED) is 0.287. The maximum Gasteiger partial charge on any atom is 0.416 e. The van der Waals surface area contributed by atoms with Crippen molar-refractivity contribution in [1.29, 1.82) is 0 Å². The third-order valence-electron chi connectivity index (χ3n) is 7.13. The number of alkyl halides is 3. The molecule has 3 aromatic rings. The maximum atomic E-state index is 13.8. The van der Waals surface area contributed by atoms with Crippen molar-refractivity contribution in [2.75, 3.05) is 12.3 Å². The van der Waals surface area contributed by atoms with Gasteiger partial charge in [-0.2, -0.15) is 13.2 Å². The third-order valence-corrected chi connectivity index (χ3v) is 9.24. The number of nitrogens with zero attached hydrogens (tertiary/aromatic N) is 3. The normalized spacial score (nSPS) is 18.4. The summed E-state index contributed by atoms with van der Waals surface area (Å²) < 4.78 is 41.7. The number of carbonyl (C=O) groups excluding carboxylic acids is 1. The summed E-state index contributed by atoms with van der Waals surface area (Å²) in [6.45, 7) is 2.78. The van der Waals surface area contributed by atoms with Crippen molar-refractivity contribution in [2.45, 2.75) is 75.7 Å². The molecule has 1 aromatic carbocycles. The fraction of sp³-hybridized carbons (Fsp3) is 0.500. The number of hydrogen-bond acceptors (Lipinski definition) is 5. The molecule has 5 nitrogen and oxygen atoms in total. The molecule has 1 amide bonds. The van der Waals surface area contributed by atoms with E-state index >= 15 is 0 Å². The molecule has 1 saturated heterocycles. The molecule has 0 bridgehead atoms. The van der Waals surface area contributed by atoms with Gasteiger partial charge in [0.05, 0.1) is 22.4 Å². The summed E-state index contributed by atoms with van der Waals surface area (Å²) in [5.41, 5.74) is -0.103. The van der Waals surface area contributed by atoms with Crippen molar-refractivity contribution in [3.05, 3.63) is 50.6 Å². The van der Waals surface area contributed by atoms with Gasteiger partial charge in [-0.05, 0) is 75.1 Å². The lowest BCUT2D eigenvalue weighted by molar-refractivity contribution is -0.137. The zero-order valence-electron chi connectivity index (χ0n) is 20.1. The molecular formula is C26H28F3N3O2S2. The summed E-state index contributed by atoms with van der Waals surface area (Å²) >= 11 is 2.62. The lowest BCUT2D eigenvalue weighted by atomic mass is 9.97. The highest BCUT2D eigenvalue weighted by Crippen LogP contribution is 2.36. The smallest absolute Gasteiger partial charge is 0.339 e. The first-order chi connectivity index (χ1) is 17.3. The SMILES string of the molecule is CCC1CCCCN1C(=O)CSc1nc2sc3c(c2c(=O)n1-c1cccc(C(F)(F)F)c1)CCCC3. The number of thioether (sulfide) groups is 1. The zero-order chi connectivity index (χ0) is 25.4. The van der Waals surface area contributed by atoms with Gasteiger partial charge in [0.25, 0.3) is 5.56 Å². The number of piperidine rings is 1. The fourth-order valence-corrected chi connectivity index (χ4v) is 7.50. The van der Waals surface area contributed by atoms with Crippen LogP contribution in [0, 0.1) is 0 Å². The lowest BCUT2D eigenvalue weighted by Crippen LogP contribution is -2.44. The number of aryl methyl sites for hydroxylation is 2. The van der Waals surface area contributed by atoms with Crippen molar-refractivity contribution in [3.63, 3.8) is 0 Å². The topological polar surface area (TPSA) is 55.2 Å². The van der Waals surface area contributed by atoms with Crippen LogP contribution < -0.4 is 5.56 Å². The van der Waals surface area contributed by atoms with E-state index in [-0.39, 0.29) is 34.1 Å². The van der Waals surface area contributed by atoms with Gasteiger partial charge < -0.3 is 4.90 Å². The number of rotatable bonds is 5. The summed E-state index contributed by atoms with van der Waals surface area (Å²) in [5, 5.41) is 0.758. The third kappa shape index (κ3) is 4.81. The molecule has 1 aliphatic carbocycles. The summed E-state index contributed by atoms with van der Waals surface area (Å²) in [5.74, 6) is 0.0559. The minimum absolute atomic E-state index is 0.0260. The molecule has 2 aromatic heterocycles. The van der Waals surface area contributed by atoms with E-state index in [1.807, 2.05) is 4.90 Å². The van der Waals surface area contributed by atoms with E-state index in [0.29, 0.717) is 16.8 Å². The summed E-state index contributed by atoms with van der Waals surface area (Å²) in [6.07, 6.45) is 3.07. The van der Waals surface area contributed by atoms with E-state index in [4.69, 9.17) is 4.98 Å². The molecule has 1 aliphatic heterocycles.